The summed E-state index contributed by atoms with van der Waals surface area (Å²) in [6.45, 7) is 0.619. The molecule has 0 radical (unpaired) electrons. The van der Waals surface area contributed by atoms with Crippen LogP contribution in [0.3, 0.4) is 0 Å². The Balaban J connectivity index is 1.88. The van der Waals surface area contributed by atoms with Crippen molar-refractivity contribution in [1.82, 2.24) is 4.98 Å². The average Bonchev–Trinajstić information content (AvgIpc) is 2.47. The first kappa shape index (κ1) is 12.4. The summed E-state index contributed by atoms with van der Waals surface area (Å²) in [5, 5.41) is 4.31. The summed E-state index contributed by atoms with van der Waals surface area (Å²) in [6, 6.07) is 14.1. The van der Waals surface area contributed by atoms with Crippen molar-refractivity contribution >= 4 is 22.3 Å². The van der Waals surface area contributed by atoms with Crippen molar-refractivity contribution in [3.05, 3.63) is 66.1 Å². The Morgan fingerprint density at radius 1 is 1.05 bits per heavy atom. The number of para-hydroxylation sites is 1. The molecule has 0 fully saturated rings. The molecule has 4 heteroatoms. The van der Waals surface area contributed by atoms with Gasteiger partial charge in [0, 0.05) is 23.8 Å². The van der Waals surface area contributed by atoms with E-state index in [1.807, 2.05) is 24.3 Å². The number of rotatable bonds is 3. The van der Waals surface area contributed by atoms with Gasteiger partial charge in [-0.1, -0.05) is 24.3 Å². The fraction of sp³-hybridized carbons (Fsp3) is 0.0625. The zero-order valence-corrected chi connectivity index (χ0v) is 10.8. The van der Waals surface area contributed by atoms with E-state index in [1.165, 1.54) is 12.1 Å². The maximum atomic E-state index is 12.9. The minimum Gasteiger partial charge on any atom is -0.397 e. The number of hydrogen-bond acceptors (Lipinski definition) is 3. The lowest BCUT2D eigenvalue weighted by Gasteiger charge is -2.10. The van der Waals surface area contributed by atoms with Crippen LogP contribution in [0.25, 0.3) is 10.9 Å². The highest BCUT2D eigenvalue weighted by atomic mass is 19.1. The first-order chi connectivity index (χ1) is 9.74. The highest BCUT2D eigenvalue weighted by Gasteiger charge is 2.04. The lowest BCUT2D eigenvalue weighted by molar-refractivity contribution is 0.627. The average molecular weight is 267 g/mol. The Morgan fingerprint density at radius 2 is 1.85 bits per heavy atom. The van der Waals surface area contributed by atoms with E-state index in [2.05, 4.69) is 10.3 Å². The number of nitrogens with one attached hydrogen (secondary N) is 1. The van der Waals surface area contributed by atoms with Crippen LogP contribution in [0.15, 0.2) is 54.7 Å². The number of halogens is 1. The number of hydrogen-bond donors (Lipinski definition) is 2. The summed E-state index contributed by atoms with van der Waals surface area (Å²) in [7, 11) is 0. The van der Waals surface area contributed by atoms with Crippen LogP contribution in [0.4, 0.5) is 15.8 Å². The van der Waals surface area contributed by atoms with Gasteiger partial charge in [0.2, 0.25) is 0 Å². The second kappa shape index (κ2) is 5.17. The molecule has 20 heavy (non-hydrogen) atoms. The Morgan fingerprint density at radius 3 is 2.65 bits per heavy atom. The zero-order chi connectivity index (χ0) is 13.9. The largest absolute Gasteiger partial charge is 0.397 e. The van der Waals surface area contributed by atoms with Gasteiger partial charge in [0.25, 0.3) is 0 Å². The number of nitrogens with two attached hydrogens (primary N) is 1. The first-order valence-corrected chi connectivity index (χ1v) is 6.35. The van der Waals surface area contributed by atoms with Gasteiger partial charge >= 0.3 is 0 Å². The predicted molar refractivity (Wildman–Crippen MR) is 79.9 cm³/mol. The smallest absolute Gasteiger partial charge is 0.123 e. The van der Waals surface area contributed by atoms with Gasteiger partial charge in [0.15, 0.2) is 0 Å². The Labute approximate surface area is 116 Å². The van der Waals surface area contributed by atoms with Crippen molar-refractivity contribution in [3.63, 3.8) is 0 Å². The first-order valence-electron chi connectivity index (χ1n) is 6.35. The lowest BCUT2D eigenvalue weighted by Crippen LogP contribution is -2.01. The van der Waals surface area contributed by atoms with Crippen molar-refractivity contribution in [1.29, 1.82) is 0 Å². The van der Waals surface area contributed by atoms with E-state index in [0.29, 0.717) is 12.2 Å². The number of fused-ring (bicyclic) bond motifs is 1. The van der Waals surface area contributed by atoms with Gasteiger partial charge in [0.1, 0.15) is 5.82 Å². The zero-order valence-electron chi connectivity index (χ0n) is 10.8. The summed E-state index contributed by atoms with van der Waals surface area (Å²) in [5.41, 5.74) is 9.34. The van der Waals surface area contributed by atoms with Crippen molar-refractivity contribution in [3.8, 4) is 0 Å². The van der Waals surface area contributed by atoms with E-state index >= 15 is 0 Å². The van der Waals surface area contributed by atoms with Gasteiger partial charge in [-0.25, -0.2) is 4.39 Å². The van der Waals surface area contributed by atoms with E-state index in [1.54, 1.807) is 18.3 Å². The molecule has 0 saturated heterocycles. The molecule has 3 aromatic rings. The minimum atomic E-state index is -0.226. The van der Waals surface area contributed by atoms with Crippen LogP contribution in [0.5, 0.6) is 0 Å². The third-order valence-electron chi connectivity index (χ3n) is 3.20. The summed E-state index contributed by atoms with van der Waals surface area (Å²) in [5.74, 6) is -0.226. The summed E-state index contributed by atoms with van der Waals surface area (Å²) < 4.78 is 12.9. The van der Waals surface area contributed by atoms with Crippen LogP contribution in [-0.2, 0) is 6.54 Å². The number of aromatic nitrogens is 1. The predicted octanol–water partition coefficient (Wildman–Crippen LogP) is 3.57. The van der Waals surface area contributed by atoms with E-state index in [9.17, 15) is 4.39 Å². The second-order valence-electron chi connectivity index (χ2n) is 4.58. The standard InChI is InChI=1S/C16H14FN3/c17-12-6-4-11(5-7-12)10-20-15-8-9-19-16-13(15)2-1-3-14(16)18/h1-9H,10,18H2,(H,19,20). The number of benzene rings is 2. The van der Waals surface area contributed by atoms with Gasteiger partial charge in [-0.05, 0) is 29.8 Å². The van der Waals surface area contributed by atoms with Crippen LogP contribution >= 0.6 is 0 Å². The van der Waals surface area contributed by atoms with Crippen LogP contribution in [0, 0.1) is 5.82 Å². The third kappa shape index (κ3) is 2.40. The number of anilines is 2. The quantitative estimate of drug-likeness (QED) is 0.713. The Bertz CT molecular complexity index is 738. The summed E-state index contributed by atoms with van der Waals surface area (Å²) >= 11 is 0. The molecule has 0 aliphatic heterocycles. The molecule has 3 N–H and O–H groups in total. The summed E-state index contributed by atoms with van der Waals surface area (Å²) in [4.78, 5) is 4.29. The molecule has 0 atom stereocenters. The Hall–Kier alpha value is -2.62. The molecule has 3 rings (SSSR count). The number of pyridine rings is 1. The van der Waals surface area contributed by atoms with Crippen molar-refractivity contribution in [2.24, 2.45) is 0 Å². The molecule has 0 amide bonds. The minimum absolute atomic E-state index is 0.226. The molecule has 0 bridgehead atoms. The molecule has 0 unspecified atom stereocenters. The van der Waals surface area contributed by atoms with Gasteiger partial charge in [-0.15, -0.1) is 0 Å². The van der Waals surface area contributed by atoms with Gasteiger partial charge in [0.05, 0.1) is 11.2 Å². The fourth-order valence-electron chi connectivity index (χ4n) is 2.15. The van der Waals surface area contributed by atoms with Crippen LogP contribution in [-0.4, -0.2) is 4.98 Å². The van der Waals surface area contributed by atoms with E-state index < -0.39 is 0 Å². The Kier molecular flexibility index (Phi) is 3.21. The molecular formula is C16H14FN3. The monoisotopic (exact) mass is 267 g/mol. The topological polar surface area (TPSA) is 50.9 Å². The fourth-order valence-corrected chi connectivity index (χ4v) is 2.15. The van der Waals surface area contributed by atoms with E-state index in [4.69, 9.17) is 5.73 Å². The molecule has 0 spiro atoms. The molecule has 0 saturated carbocycles. The molecule has 1 heterocycles. The maximum absolute atomic E-state index is 12.9. The van der Waals surface area contributed by atoms with Crippen molar-refractivity contribution < 1.29 is 4.39 Å². The van der Waals surface area contributed by atoms with Gasteiger partial charge in [-0.2, -0.15) is 0 Å². The maximum Gasteiger partial charge on any atom is 0.123 e. The van der Waals surface area contributed by atoms with Crippen LogP contribution in [0.1, 0.15) is 5.56 Å². The highest BCUT2D eigenvalue weighted by molar-refractivity contribution is 5.97. The highest BCUT2D eigenvalue weighted by Crippen LogP contribution is 2.25. The summed E-state index contributed by atoms with van der Waals surface area (Å²) in [6.07, 6.45) is 1.73. The lowest BCUT2D eigenvalue weighted by atomic mass is 10.1. The van der Waals surface area contributed by atoms with Crippen LogP contribution < -0.4 is 11.1 Å². The number of nitrogen functional groups attached to an aromatic ring is 1. The molecule has 0 aliphatic rings. The third-order valence-corrected chi connectivity index (χ3v) is 3.20. The normalized spacial score (nSPS) is 10.7. The van der Waals surface area contributed by atoms with E-state index in [0.717, 1.165) is 22.2 Å². The van der Waals surface area contributed by atoms with Gasteiger partial charge < -0.3 is 11.1 Å². The van der Waals surface area contributed by atoms with Gasteiger partial charge in [-0.3, -0.25) is 4.98 Å². The van der Waals surface area contributed by atoms with E-state index in [-0.39, 0.29) is 5.82 Å². The molecule has 0 aliphatic carbocycles. The molecule has 100 valence electrons. The molecular weight excluding hydrogens is 253 g/mol. The SMILES string of the molecule is Nc1cccc2c(NCc3ccc(F)cc3)ccnc12. The molecule has 3 nitrogen and oxygen atoms in total. The van der Waals surface area contributed by atoms with Crippen molar-refractivity contribution in [2.45, 2.75) is 6.54 Å². The molecule has 1 aromatic heterocycles. The second-order valence-corrected chi connectivity index (χ2v) is 4.58. The van der Waals surface area contributed by atoms with Crippen molar-refractivity contribution in [2.75, 3.05) is 11.1 Å². The number of nitrogens with zero attached hydrogens (tertiary/aromatic N) is 1. The van der Waals surface area contributed by atoms with Crippen LogP contribution in [0.2, 0.25) is 0 Å². The molecule has 2 aromatic carbocycles.